The van der Waals surface area contributed by atoms with Gasteiger partial charge in [0.05, 0.1) is 59.0 Å². The largest absolute Gasteiger partial charge is 0.493 e. The topological polar surface area (TPSA) is 160 Å². The Morgan fingerprint density at radius 1 is 1.15 bits per heavy atom. The first-order chi connectivity index (χ1) is 21.8. The molecule has 17 heteroatoms. The van der Waals surface area contributed by atoms with Crippen LogP contribution in [0.2, 0.25) is 5.15 Å². The van der Waals surface area contributed by atoms with Gasteiger partial charge in [-0.25, -0.2) is 18.7 Å². The second-order valence-electron chi connectivity index (χ2n) is 13.6. The number of fused-ring (bicyclic) bond motifs is 1. The third kappa shape index (κ3) is 8.69. The van der Waals surface area contributed by atoms with Crippen LogP contribution in [0.3, 0.4) is 0 Å². The van der Waals surface area contributed by atoms with Gasteiger partial charge in [-0.3, -0.25) is 9.69 Å². The Balaban J connectivity index is 2.06. The lowest BCUT2D eigenvalue weighted by molar-refractivity contribution is -0.265. The van der Waals surface area contributed by atoms with Gasteiger partial charge >= 0.3 is 12.3 Å². The van der Waals surface area contributed by atoms with Gasteiger partial charge in [0.15, 0.2) is 16.7 Å². The highest BCUT2D eigenvalue weighted by Crippen LogP contribution is 2.47. The number of carbonyl (C=O) groups is 2. The zero-order valence-corrected chi connectivity index (χ0v) is 29.7. The smallest absolute Gasteiger partial charge is 0.424 e. The van der Waals surface area contributed by atoms with Crippen molar-refractivity contribution in [3.8, 4) is 11.5 Å². The predicted octanol–water partition coefficient (Wildman–Crippen LogP) is 4.71. The molecule has 4 N–H and O–H groups in total. The number of hydrogen-bond acceptors (Lipinski definition) is 9. The SMILES string of the molecule is COc1cc(C(=O)NC[C@@](O)(c2cc3c(c(Cl)n2)N(C(=O)OC(C)(C)C)C[C@@]3(C)NS(=O)C(C)(C)C)C(F)(F)F)ccc1OC[C@@H](C)O. The normalized spacial score (nSPS) is 19.2. The summed E-state index contributed by atoms with van der Waals surface area (Å²) in [6.45, 7) is 11.3. The van der Waals surface area contributed by atoms with Crippen molar-refractivity contribution in [3.63, 3.8) is 0 Å². The van der Waals surface area contributed by atoms with E-state index >= 15 is 0 Å². The van der Waals surface area contributed by atoms with E-state index in [1.165, 1.54) is 39.2 Å². The van der Waals surface area contributed by atoms with E-state index in [1.807, 2.05) is 0 Å². The second-order valence-corrected chi connectivity index (χ2v) is 16.0. The van der Waals surface area contributed by atoms with E-state index < -0.39 is 74.1 Å². The number of ether oxygens (including phenoxy) is 3. The van der Waals surface area contributed by atoms with Crippen LogP contribution >= 0.6 is 11.6 Å². The van der Waals surface area contributed by atoms with E-state index in [9.17, 15) is 37.2 Å². The van der Waals surface area contributed by atoms with Crippen LogP contribution in [0.15, 0.2) is 24.3 Å². The fourth-order valence-corrected chi connectivity index (χ4v) is 5.76. The van der Waals surface area contributed by atoms with E-state index in [0.717, 1.165) is 11.0 Å². The van der Waals surface area contributed by atoms with Crippen LogP contribution in [0, 0.1) is 0 Å². The molecule has 1 aliphatic rings. The van der Waals surface area contributed by atoms with Crippen molar-refractivity contribution in [1.82, 2.24) is 15.0 Å². The van der Waals surface area contributed by atoms with E-state index in [-0.39, 0.29) is 41.5 Å². The summed E-state index contributed by atoms with van der Waals surface area (Å²) in [5, 5.41) is 22.2. The molecule has 0 spiro atoms. The average Bonchev–Trinajstić information content (AvgIpc) is 3.25. The van der Waals surface area contributed by atoms with Crippen molar-refractivity contribution in [3.05, 3.63) is 46.2 Å². The number of halogens is 4. The molecule has 268 valence electrons. The molecule has 2 heterocycles. The van der Waals surface area contributed by atoms with Crippen LogP contribution in [-0.4, -0.2) is 80.8 Å². The van der Waals surface area contributed by atoms with Crippen LogP contribution < -0.4 is 24.4 Å². The molecule has 1 aromatic carbocycles. The van der Waals surface area contributed by atoms with Gasteiger partial charge in [0, 0.05) is 11.1 Å². The quantitative estimate of drug-likeness (QED) is 0.255. The fourth-order valence-electron chi connectivity index (χ4n) is 4.58. The first-order valence-electron chi connectivity index (χ1n) is 14.8. The molecule has 12 nitrogen and oxygen atoms in total. The van der Waals surface area contributed by atoms with Crippen LogP contribution in [0.1, 0.15) is 77.0 Å². The molecule has 2 aromatic rings. The van der Waals surface area contributed by atoms with Crippen LogP contribution in [0.5, 0.6) is 11.5 Å². The Hall–Kier alpha value is -3.18. The highest BCUT2D eigenvalue weighted by Gasteiger charge is 2.58. The van der Waals surface area contributed by atoms with Crippen LogP contribution in [-0.2, 0) is 26.9 Å². The zero-order valence-electron chi connectivity index (χ0n) is 28.2. The molecule has 1 unspecified atom stereocenters. The summed E-state index contributed by atoms with van der Waals surface area (Å²) in [5.41, 5.74) is -7.34. The van der Waals surface area contributed by atoms with Crippen LogP contribution in [0.25, 0.3) is 0 Å². The van der Waals surface area contributed by atoms with Gasteiger partial charge in [-0.2, -0.15) is 13.2 Å². The number of anilines is 1. The molecule has 4 atom stereocenters. The van der Waals surface area contributed by atoms with Crippen molar-refractivity contribution >= 4 is 40.3 Å². The molecule has 1 aromatic heterocycles. The van der Waals surface area contributed by atoms with Gasteiger partial charge in [0.2, 0.25) is 5.60 Å². The summed E-state index contributed by atoms with van der Waals surface area (Å²) in [6, 6.07) is 4.76. The molecular formula is C31H42ClF3N4O8S. The monoisotopic (exact) mass is 722 g/mol. The number of aromatic nitrogens is 1. The number of pyridine rings is 1. The maximum atomic E-state index is 14.7. The number of methoxy groups -OCH3 is 1. The van der Waals surface area contributed by atoms with Gasteiger partial charge in [-0.05, 0) is 79.7 Å². The van der Waals surface area contributed by atoms with Crippen molar-refractivity contribution in [2.75, 3.05) is 31.7 Å². The Bertz CT molecular complexity index is 1560. The van der Waals surface area contributed by atoms with E-state index in [1.54, 1.807) is 41.5 Å². The standard InChI is InChI=1S/C31H42ClF3N4O8S/c1-17(40)14-46-20-11-10-18(12-21(20)45-9)25(41)36-15-30(43,31(33,34)35)22-13-19-23(24(32)37-22)39(26(42)47-27(2,3)4)16-29(19,8)38-48(44)28(5,6)7/h10-13,17,38,40,43H,14-16H2,1-9H3,(H,36,41)/t17-,29-,30-,48?/m1/s1. The number of nitrogens with one attached hydrogen (secondary N) is 2. The third-order valence-corrected chi connectivity index (χ3v) is 9.09. The molecule has 48 heavy (non-hydrogen) atoms. The summed E-state index contributed by atoms with van der Waals surface area (Å²) in [4.78, 5) is 31.2. The van der Waals surface area contributed by atoms with Crippen molar-refractivity contribution in [2.45, 2.75) is 89.2 Å². The van der Waals surface area contributed by atoms with Gasteiger partial charge < -0.3 is 29.7 Å². The molecule has 0 radical (unpaired) electrons. The number of aliphatic hydroxyl groups is 2. The first-order valence-corrected chi connectivity index (χ1v) is 16.3. The van der Waals surface area contributed by atoms with Gasteiger partial charge in [-0.15, -0.1) is 0 Å². The molecule has 0 bridgehead atoms. The summed E-state index contributed by atoms with van der Waals surface area (Å²) in [5.74, 6) is -0.730. The highest BCUT2D eigenvalue weighted by molar-refractivity contribution is 7.84. The number of nitrogens with zero attached hydrogens (tertiary/aromatic N) is 2. The van der Waals surface area contributed by atoms with Crippen molar-refractivity contribution in [1.29, 1.82) is 0 Å². The van der Waals surface area contributed by atoms with Crippen LogP contribution in [0.4, 0.5) is 23.7 Å². The van der Waals surface area contributed by atoms with E-state index in [4.69, 9.17) is 25.8 Å². The summed E-state index contributed by atoms with van der Waals surface area (Å²) in [7, 11) is -0.484. The second kappa shape index (κ2) is 14.0. The van der Waals surface area contributed by atoms with Gasteiger partial charge in [0.25, 0.3) is 5.91 Å². The zero-order chi connectivity index (χ0) is 36.6. The Labute approximate surface area is 284 Å². The lowest BCUT2D eigenvalue weighted by atomic mass is 9.91. The lowest BCUT2D eigenvalue weighted by Gasteiger charge is -2.33. The number of hydrogen-bond donors (Lipinski definition) is 4. The molecule has 1 aliphatic heterocycles. The Morgan fingerprint density at radius 3 is 2.29 bits per heavy atom. The van der Waals surface area contributed by atoms with Gasteiger partial charge in [0.1, 0.15) is 12.2 Å². The van der Waals surface area contributed by atoms with E-state index in [0.29, 0.717) is 0 Å². The summed E-state index contributed by atoms with van der Waals surface area (Å²) in [6.07, 6.45) is -7.06. The maximum absolute atomic E-state index is 14.7. The molecule has 3 rings (SSSR count). The fraction of sp³-hybridized carbons (Fsp3) is 0.581. The number of amides is 2. The number of alkyl halides is 3. The average molecular weight is 723 g/mol. The van der Waals surface area contributed by atoms with Crippen molar-refractivity contribution < 1.29 is 51.4 Å². The van der Waals surface area contributed by atoms with Gasteiger partial charge in [-0.1, -0.05) is 11.6 Å². The minimum absolute atomic E-state index is 0.00696. The number of benzene rings is 1. The Morgan fingerprint density at radius 2 is 1.77 bits per heavy atom. The van der Waals surface area contributed by atoms with E-state index in [2.05, 4.69) is 15.0 Å². The molecule has 0 saturated heterocycles. The molecule has 0 aliphatic carbocycles. The summed E-state index contributed by atoms with van der Waals surface area (Å²) >= 11 is 6.48. The Kier molecular flexibility index (Phi) is 11.4. The molecule has 0 fully saturated rings. The number of carbonyl (C=O) groups excluding carboxylic acids is 2. The molecule has 0 saturated carbocycles. The molecule has 2 amide bonds. The minimum atomic E-state index is -5.39. The highest BCUT2D eigenvalue weighted by atomic mass is 35.5. The minimum Gasteiger partial charge on any atom is -0.493 e. The lowest BCUT2D eigenvalue weighted by Crippen LogP contribution is -2.52. The molecular weight excluding hydrogens is 681 g/mol. The first kappa shape index (κ1) is 39.3. The predicted molar refractivity (Wildman–Crippen MR) is 174 cm³/mol. The van der Waals surface area contributed by atoms with Crippen molar-refractivity contribution in [2.24, 2.45) is 0 Å². The number of rotatable bonds is 10. The maximum Gasteiger partial charge on any atom is 0.424 e. The number of aliphatic hydroxyl groups excluding tert-OH is 1. The third-order valence-electron chi connectivity index (χ3n) is 7.08. The summed E-state index contributed by atoms with van der Waals surface area (Å²) < 4.78 is 75.6.